The number of hydrogen-bond donors (Lipinski definition) is 2. The molecule has 0 spiro atoms. The Hall–Kier alpha value is -2.97. The molecule has 1 saturated heterocycles. The van der Waals surface area contributed by atoms with Crippen molar-refractivity contribution in [2.75, 3.05) is 23.3 Å². The number of rotatable bonds is 6. The fraction of sp³-hybridized carbons (Fsp3) is 0.333. The van der Waals surface area contributed by atoms with Crippen molar-refractivity contribution in [1.29, 1.82) is 0 Å². The average Bonchev–Trinajstić information content (AvgIpc) is 3.63. The second-order valence-electron chi connectivity index (χ2n) is 8.48. The van der Waals surface area contributed by atoms with Gasteiger partial charge in [0, 0.05) is 53.5 Å². The Balaban J connectivity index is 1.38. The largest absolute Gasteiger partial charge is 0.371 e. The summed E-state index contributed by atoms with van der Waals surface area (Å²) in [6, 6.07) is 12.0. The van der Waals surface area contributed by atoms with E-state index < -0.39 is 10.0 Å². The molecule has 1 aliphatic heterocycles. The first-order valence-corrected chi connectivity index (χ1v) is 12.5. The van der Waals surface area contributed by atoms with Gasteiger partial charge in [0.2, 0.25) is 10.0 Å². The molecule has 2 heterocycles. The van der Waals surface area contributed by atoms with Gasteiger partial charge in [-0.1, -0.05) is 0 Å². The first kappa shape index (κ1) is 20.9. The molecular weight excluding hydrogens is 424 g/mol. The third kappa shape index (κ3) is 4.33. The summed E-state index contributed by atoms with van der Waals surface area (Å²) in [5, 5.41) is 4.92. The standard InChI is InChI=1S/C24H26N4O3S/c29-24(17-4-8-19(9-5-17)32(30,31)27-18-6-7-18)26-22-10-11-23(28-14-2-1-3-15-28)20-12-13-25-16-21(20)22/h4-5,8-13,16,18,27H,1-3,6-7,14-15H2,(H,26,29). The zero-order valence-electron chi connectivity index (χ0n) is 17.8. The van der Waals surface area contributed by atoms with Gasteiger partial charge in [-0.2, -0.15) is 0 Å². The van der Waals surface area contributed by atoms with Gasteiger partial charge in [-0.3, -0.25) is 9.78 Å². The predicted molar refractivity (Wildman–Crippen MR) is 126 cm³/mol. The van der Waals surface area contributed by atoms with Crippen LogP contribution in [0.25, 0.3) is 10.8 Å². The Kier molecular flexibility index (Phi) is 5.57. The summed E-state index contributed by atoms with van der Waals surface area (Å²) in [6.45, 7) is 2.07. The van der Waals surface area contributed by atoms with Crippen molar-refractivity contribution in [3.8, 4) is 0 Å². The molecule has 2 aliphatic rings. The number of piperidine rings is 1. The van der Waals surface area contributed by atoms with Crippen LogP contribution in [-0.2, 0) is 10.0 Å². The second-order valence-corrected chi connectivity index (χ2v) is 10.2. The molecule has 8 heteroatoms. The molecule has 0 atom stereocenters. The molecule has 166 valence electrons. The van der Waals surface area contributed by atoms with Gasteiger partial charge in [0.1, 0.15) is 0 Å². The number of fused-ring (bicyclic) bond motifs is 1. The highest BCUT2D eigenvalue weighted by Crippen LogP contribution is 2.33. The quantitative estimate of drug-likeness (QED) is 0.594. The van der Waals surface area contributed by atoms with Crippen LogP contribution in [0, 0.1) is 0 Å². The van der Waals surface area contributed by atoms with Crippen LogP contribution in [0.2, 0.25) is 0 Å². The molecule has 0 unspecified atom stereocenters. The van der Waals surface area contributed by atoms with Crippen LogP contribution < -0.4 is 14.9 Å². The molecule has 0 bridgehead atoms. The zero-order valence-corrected chi connectivity index (χ0v) is 18.6. The van der Waals surface area contributed by atoms with E-state index in [1.165, 1.54) is 31.4 Å². The lowest BCUT2D eigenvalue weighted by atomic mass is 10.0. The summed E-state index contributed by atoms with van der Waals surface area (Å²) in [7, 11) is -3.54. The van der Waals surface area contributed by atoms with E-state index in [4.69, 9.17) is 0 Å². The van der Waals surface area contributed by atoms with Gasteiger partial charge in [0.05, 0.1) is 10.6 Å². The number of carbonyl (C=O) groups is 1. The number of amides is 1. The van der Waals surface area contributed by atoms with Crippen molar-refractivity contribution in [2.24, 2.45) is 0 Å². The van der Waals surface area contributed by atoms with Gasteiger partial charge in [-0.15, -0.1) is 0 Å². The van der Waals surface area contributed by atoms with Gasteiger partial charge in [0.25, 0.3) is 5.91 Å². The van der Waals surface area contributed by atoms with Gasteiger partial charge in [-0.05, 0) is 74.6 Å². The van der Waals surface area contributed by atoms with Crippen molar-refractivity contribution in [3.63, 3.8) is 0 Å². The van der Waals surface area contributed by atoms with E-state index in [1.54, 1.807) is 24.5 Å². The molecule has 1 aliphatic carbocycles. The van der Waals surface area contributed by atoms with E-state index in [9.17, 15) is 13.2 Å². The van der Waals surface area contributed by atoms with E-state index in [1.807, 2.05) is 12.1 Å². The Morgan fingerprint density at radius 1 is 0.938 bits per heavy atom. The maximum absolute atomic E-state index is 12.9. The van der Waals surface area contributed by atoms with Crippen molar-refractivity contribution in [3.05, 3.63) is 60.4 Å². The molecule has 2 aromatic carbocycles. The first-order chi connectivity index (χ1) is 15.5. The lowest BCUT2D eigenvalue weighted by Gasteiger charge is -2.30. The smallest absolute Gasteiger partial charge is 0.255 e. The highest BCUT2D eigenvalue weighted by atomic mass is 32.2. The summed E-state index contributed by atoms with van der Waals surface area (Å²) in [5.41, 5.74) is 2.25. The van der Waals surface area contributed by atoms with Gasteiger partial charge in [0.15, 0.2) is 0 Å². The maximum atomic E-state index is 12.9. The highest BCUT2D eigenvalue weighted by molar-refractivity contribution is 7.89. The molecule has 0 radical (unpaired) electrons. The number of anilines is 2. The molecule has 32 heavy (non-hydrogen) atoms. The van der Waals surface area contributed by atoms with E-state index in [-0.39, 0.29) is 16.8 Å². The fourth-order valence-corrected chi connectivity index (χ4v) is 5.47. The molecule has 3 aromatic rings. The minimum Gasteiger partial charge on any atom is -0.371 e. The third-order valence-electron chi connectivity index (χ3n) is 6.07. The van der Waals surface area contributed by atoms with Crippen LogP contribution in [0.4, 0.5) is 11.4 Å². The van der Waals surface area contributed by atoms with Crippen LogP contribution in [-0.4, -0.2) is 38.4 Å². The zero-order chi connectivity index (χ0) is 22.1. The maximum Gasteiger partial charge on any atom is 0.255 e. The molecule has 1 aromatic heterocycles. The third-order valence-corrected chi connectivity index (χ3v) is 7.60. The number of pyridine rings is 1. The molecule has 2 fully saturated rings. The van der Waals surface area contributed by atoms with Crippen LogP contribution >= 0.6 is 0 Å². The van der Waals surface area contributed by atoms with Gasteiger partial charge < -0.3 is 10.2 Å². The molecule has 1 amide bonds. The molecule has 2 N–H and O–H groups in total. The summed E-state index contributed by atoms with van der Waals surface area (Å²) in [6.07, 6.45) is 8.94. The van der Waals surface area contributed by atoms with Crippen LogP contribution in [0.1, 0.15) is 42.5 Å². The second kappa shape index (κ2) is 8.52. The SMILES string of the molecule is O=C(Nc1ccc(N2CCCCC2)c2ccncc12)c1ccc(S(=O)(=O)NC2CC2)cc1. The van der Waals surface area contributed by atoms with Crippen molar-refractivity contribution < 1.29 is 13.2 Å². The lowest BCUT2D eigenvalue weighted by Crippen LogP contribution is -2.29. The summed E-state index contributed by atoms with van der Waals surface area (Å²) < 4.78 is 27.3. The molecule has 1 saturated carbocycles. The fourth-order valence-electron chi connectivity index (χ4n) is 4.16. The Labute approximate surface area is 187 Å². The number of benzene rings is 2. The van der Waals surface area contributed by atoms with Crippen molar-refractivity contribution >= 4 is 38.1 Å². The summed E-state index contributed by atoms with van der Waals surface area (Å²) in [4.78, 5) is 19.7. The van der Waals surface area contributed by atoms with E-state index in [0.29, 0.717) is 11.3 Å². The minimum absolute atomic E-state index is 0.0396. The number of hydrogen-bond acceptors (Lipinski definition) is 5. The molecular formula is C24H26N4O3S. The van der Waals surface area contributed by atoms with Crippen LogP contribution in [0.5, 0.6) is 0 Å². The number of sulfonamides is 1. The van der Waals surface area contributed by atoms with Crippen molar-refractivity contribution in [2.45, 2.75) is 43.0 Å². The van der Waals surface area contributed by atoms with Gasteiger partial charge in [-0.25, -0.2) is 13.1 Å². The Bertz CT molecular complexity index is 1250. The van der Waals surface area contributed by atoms with E-state index >= 15 is 0 Å². The normalized spacial score (nSPS) is 16.8. The first-order valence-electron chi connectivity index (χ1n) is 11.1. The lowest BCUT2D eigenvalue weighted by molar-refractivity contribution is 0.102. The Morgan fingerprint density at radius 2 is 1.69 bits per heavy atom. The number of nitrogens with one attached hydrogen (secondary N) is 2. The van der Waals surface area contributed by atoms with Crippen LogP contribution in [0.15, 0.2) is 59.8 Å². The van der Waals surface area contributed by atoms with Gasteiger partial charge >= 0.3 is 0 Å². The summed E-state index contributed by atoms with van der Waals surface area (Å²) in [5.74, 6) is -0.292. The topological polar surface area (TPSA) is 91.4 Å². The van der Waals surface area contributed by atoms with E-state index in [2.05, 4.69) is 26.0 Å². The number of carbonyl (C=O) groups excluding carboxylic acids is 1. The molecule has 7 nitrogen and oxygen atoms in total. The highest BCUT2D eigenvalue weighted by Gasteiger charge is 2.28. The number of nitrogens with zero attached hydrogens (tertiary/aromatic N) is 2. The predicted octanol–water partition coefficient (Wildman–Crippen LogP) is 3.92. The monoisotopic (exact) mass is 450 g/mol. The summed E-state index contributed by atoms with van der Waals surface area (Å²) >= 11 is 0. The molecule has 5 rings (SSSR count). The average molecular weight is 451 g/mol. The van der Waals surface area contributed by atoms with Crippen LogP contribution in [0.3, 0.4) is 0 Å². The van der Waals surface area contributed by atoms with E-state index in [0.717, 1.165) is 42.4 Å². The Morgan fingerprint density at radius 3 is 2.41 bits per heavy atom. The number of aromatic nitrogens is 1. The minimum atomic E-state index is -3.54. The van der Waals surface area contributed by atoms with Crippen molar-refractivity contribution in [1.82, 2.24) is 9.71 Å².